The van der Waals surface area contributed by atoms with Gasteiger partial charge < -0.3 is 16.0 Å². The molecule has 0 unspecified atom stereocenters. The molecule has 5 nitrogen and oxygen atoms in total. The fraction of sp³-hybridized carbons (Fsp3) is 0.429. The van der Waals surface area contributed by atoms with E-state index < -0.39 is 5.91 Å². The summed E-state index contributed by atoms with van der Waals surface area (Å²) in [4.78, 5) is 24.3. The van der Waals surface area contributed by atoms with Gasteiger partial charge in [0.25, 0.3) is 0 Å². The van der Waals surface area contributed by atoms with Gasteiger partial charge in [0.05, 0.1) is 6.54 Å². The lowest BCUT2D eigenvalue weighted by Crippen LogP contribution is -2.35. The molecule has 0 saturated heterocycles. The smallest absolute Gasteiger partial charge is 0.248 e. The molecule has 0 aliphatic carbocycles. The lowest BCUT2D eigenvalue weighted by molar-refractivity contribution is -0.128. The molecule has 1 rings (SSSR count). The van der Waals surface area contributed by atoms with Gasteiger partial charge in [0, 0.05) is 25.7 Å². The minimum absolute atomic E-state index is 0.0638. The molecular formula is C14H21N3O2. The summed E-state index contributed by atoms with van der Waals surface area (Å²) in [5.41, 5.74) is 7.76. The van der Waals surface area contributed by atoms with Gasteiger partial charge in [0.2, 0.25) is 11.8 Å². The van der Waals surface area contributed by atoms with Crippen LogP contribution < -0.4 is 11.1 Å². The monoisotopic (exact) mass is 263 g/mol. The molecule has 0 fully saturated rings. The van der Waals surface area contributed by atoms with E-state index in [9.17, 15) is 9.59 Å². The molecule has 5 heteroatoms. The summed E-state index contributed by atoms with van der Waals surface area (Å²) in [6.45, 7) is 5.45. The number of carbonyl (C=O) groups excluding carboxylic acids is 2. The summed E-state index contributed by atoms with van der Waals surface area (Å²) in [6.07, 6.45) is 0. The van der Waals surface area contributed by atoms with Crippen LogP contribution >= 0.6 is 0 Å². The number of nitrogens with two attached hydrogens (primary N) is 1. The zero-order chi connectivity index (χ0) is 14.4. The number of hydrogen-bond donors (Lipinski definition) is 2. The second-order valence-corrected chi connectivity index (χ2v) is 4.52. The molecule has 104 valence electrons. The molecule has 0 saturated carbocycles. The lowest BCUT2D eigenvalue weighted by atomic mass is 10.0. The fourth-order valence-corrected chi connectivity index (χ4v) is 1.66. The molecule has 0 radical (unpaired) electrons. The first-order valence-corrected chi connectivity index (χ1v) is 6.29. The quantitative estimate of drug-likeness (QED) is 0.791. The highest BCUT2D eigenvalue weighted by Gasteiger charge is 2.07. The maximum absolute atomic E-state index is 11.6. The van der Waals surface area contributed by atoms with Crippen LogP contribution in [0.1, 0.15) is 28.4 Å². The van der Waals surface area contributed by atoms with Crippen LogP contribution in [0.25, 0.3) is 0 Å². The lowest BCUT2D eigenvalue weighted by Gasteiger charge is -2.15. The zero-order valence-electron chi connectivity index (χ0n) is 11.7. The summed E-state index contributed by atoms with van der Waals surface area (Å²) < 4.78 is 0. The Hall–Kier alpha value is -1.88. The third kappa shape index (κ3) is 4.37. The normalized spacial score (nSPS) is 10.3. The number of nitrogens with zero attached hydrogens (tertiary/aromatic N) is 1. The van der Waals surface area contributed by atoms with E-state index in [0.717, 1.165) is 11.1 Å². The molecule has 0 aromatic heterocycles. The number of likely N-dealkylation sites (N-methyl/N-ethyl adjacent to an activating group) is 1. The Morgan fingerprint density at radius 3 is 2.58 bits per heavy atom. The van der Waals surface area contributed by atoms with Gasteiger partial charge in [-0.15, -0.1) is 0 Å². The maximum atomic E-state index is 11.6. The van der Waals surface area contributed by atoms with Gasteiger partial charge in [-0.1, -0.05) is 6.07 Å². The molecule has 2 amide bonds. The first-order valence-electron chi connectivity index (χ1n) is 6.29. The molecule has 3 N–H and O–H groups in total. The van der Waals surface area contributed by atoms with Gasteiger partial charge >= 0.3 is 0 Å². The number of aryl methyl sites for hydroxylation is 1. The SMILES string of the molecule is CCN(C)C(=O)CNCc1ccc(C(N)=O)cc1C. The van der Waals surface area contributed by atoms with Gasteiger partial charge in [-0.3, -0.25) is 9.59 Å². The number of benzene rings is 1. The average molecular weight is 263 g/mol. The minimum atomic E-state index is -0.428. The first-order chi connectivity index (χ1) is 8.95. The predicted molar refractivity (Wildman–Crippen MR) is 74.7 cm³/mol. The van der Waals surface area contributed by atoms with E-state index in [1.54, 1.807) is 24.1 Å². The number of primary amides is 1. The largest absolute Gasteiger partial charge is 0.366 e. The Morgan fingerprint density at radius 2 is 2.05 bits per heavy atom. The highest BCUT2D eigenvalue weighted by molar-refractivity contribution is 5.93. The molecule has 0 aliphatic rings. The fourth-order valence-electron chi connectivity index (χ4n) is 1.66. The molecule has 19 heavy (non-hydrogen) atoms. The Balaban J connectivity index is 2.55. The van der Waals surface area contributed by atoms with Gasteiger partial charge in [-0.25, -0.2) is 0 Å². The summed E-state index contributed by atoms with van der Waals surface area (Å²) in [7, 11) is 1.77. The topological polar surface area (TPSA) is 75.4 Å². The van der Waals surface area contributed by atoms with Crippen molar-refractivity contribution in [3.63, 3.8) is 0 Å². The van der Waals surface area contributed by atoms with Crippen molar-refractivity contribution >= 4 is 11.8 Å². The molecule has 0 bridgehead atoms. The van der Waals surface area contributed by atoms with Gasteiger partial charge in [-0.2, -0.15) is 0 Å². The van der Waals surface area contributed by atoms with Crippen molar-refractivity contribution in [2.75, 3.05) is 20.1 Å². The van der Waals surface area contributed by atoms with Crippen molar-refractivity contribution in [1.82, 2.24) is 10.2 Å². The average Bonchev–Trinajstić information content (AvgIpc) is 2.39. The predicted octanol–water partition coefficient (Wildman–Crippen LogP) is 0.662. The van der Waals surface area contributed by atoms with Gasteiger partial charge in [-0.05, 0) is 37.1 Å². The van der Waals surface area contributed by atoms with Crippen molar-refractivity contribution in [2.24, 2.45) is 5.73 Å². The van der Waals surface area contributed by atoms with Crippen molar-refractivity contribution in [1.29, 1.82) is 0 Å². The van der Waals surface area contributed by atoms with Crippen LogP contribution in [0.2, 0.25) is 0 Å². The van der Waals surface area contributed by atoms with E-state index in [-0.39, 0.29) is 5.91 Å². The van der Waals surface area contributed by atoms with Crippen LogP contribution in [-0.2, 0) is 11.3 Å². The number of amides is 2. The molecule has 1 aromatic rings. The van der Waals surface area contributed by atoms with Crippen molar-refractivity contribution in [2.45, 2.75) is 20.4 Å². The number of rotatable bonds is 6. The molecule has 0 spiro atoms. The highest BCUT2D eigenvalue weighted by Crippen LogP contribution is 2.10. The number of carbonyl (C=O) groups is 2. The van der Waals surface area contributed by atoms with Crippen molar-refractivity contribution in [3.05, 3.63) is 34.9 Å². The number of hydrogen-bond acceptors (Lipinski definition) is 3. The Bertz CT molecular complexity index is 472. The molecule has 0 atom stereocenters. The van der Waals surface area contributed by atoms with Crippen molar-refractivity contribution < 1.29 is 9.59 Å². The summed E-state index contributed by atoms with van der Waals surface area (Å²) in [5.74, 6) is -0.365. The summed E-state index contributed by atoms with van der Waals surface area (Å²) >= 11 is 0. The van der Waals surface area contributed by atoms with Crippen LogP contribution in [-0.4, -0.2) is 36.9 Å². The van der Waals surface area contributed by atoms with E-state index in [1.165, 1.54) is 0 Å². The van der Waals surface area contributed by atoms with E-state index in [4.69, 9.17) is 5.73 Å². The Morgan fingerprint density at radius 1 is 1.37 bits per heavy atom. The summed E-state index contributed by atoms with van der Waals surface area (Å²) in [5, 5.41) is 3.10. The van der Waals surface area contributed by atoms with Crippen molar-refractivity contribution in [3.8, 4) is 0 Å². The molecular weight excluding hydrogens is 242 g/mol. The second kappa shape index (κ2) is 6.89. The van der Waals surface area contributed by atoms with Crippen LogP contribution in [0.15, 0.2) is 18.2 Å². The summed E-state index contributed by atoms with van der Waals surface area (Å²) in [6, 6.07) is 5.32. The van der Waals surface area contributed by atoms with Crippen LogP contribution in [0.5, 0.6) is 0 Å². The third-order valence-corrected chi connectivity index (χ3v) is 3.12. The maximum Gasteiger partial charge on any atom is 0.248 e. The van der Waals surface area contributed by atoms with Gasteiger partial charge in [0.15, 0.2) is 0 Å². The molecule has 0 aliphatic heterocycles. The van der Waals surface area contributed by atoms with E-state index >= 15 is 0 Å². The van der Waals surface area contributed by atoms with E-state index in [2.05, 4.69) is 5.32 Å². The van der Waals surface area contributed by atoms with Crippen LogP contribution in [0.3, 0.4) is 0 Å². The molecule has 0 heterocycles. The second-order valence-electron chi connectivity index (χ2n) is 4.52. The third-order valence-electron chi connectivity index (χ3n) is 3.12. The number of nitrogens with one attached hydrogen (secondary N) is 1. The first kappa shape index (κ1) is 15.2. The zero-order valence-corrected chi connectivity index (χ0v) is 11.7. The van der Waals surface area contributed by atoms with E-state index in [0.29, 0.717) is 25.2 Å². The van der Waals surface area contributed by atoms with E-state index in [1.807, 2.05) is 19.9 Å². The highest BCUT2D eigenvalue weighted by atomic mass is 16.2. The van der Waals surface area contributed by atoms with Gasteiger partial charge in [0.1, 0.15) is 0 Å². The van der Waals surface area contributed by atoms with Crippen LogP contribution in [0.4, 0.5) is 0 Å². The Labute approximate surface area is 113 Å². The van der Waals surface area contributed by atoms with Crippen LogP contribution in [0, 0.1) is 6.92 Å². The standard InChI is InChI=1S/C14H21N3O2/c1-4-17(3)13(18)9-16-8-12-6-5-11(14(15)19)7-10(12)2/h5-7,16H,4,8-9H2,1-3H3,(H2,15,19). The molecule has 1 aromatic carbocycles. The Kier molecular flexibility index (Phi) is 5.51. The minimum Gasteiger partial charge on any atom is -0.366 e.